The highest BCUT2D eigenvalue weighted by Gasteiger charge is 2.22. The average molecular weight is 636 g/mol. The minimum absolute atomic E-state index is 0.0167. The highest BCUT2D eigenvalue weighted by atomic mass is 32.2. The van der Waals surface area contributed by atoms with Crippen LogP contribution in [-0.4, -0.2) is 72.0 Å². The Kier molecular flexibility index (Phi) is 9.76. The number of sulfonamides is 1. The molecule has 0 bridgehead atoms. The SMILES string of the molecule is COc1cccc(-c2cc(C(=O)Nc3cc4ccc(OC5CCN(CCNS(C)(=O)=O)CC5)c(C)c4oc3=O)ccc2OC)c1. The molecule has 4 aromatic rings. The Morgan fingerprint density at radius 3 is 2.47 bits per heavy atom. The first-order chi connectivity index (χ1) is 21.5. The number of nitrogens with one attached hydrogen (secondary N) is 2. The van der Waals surface area contributed by atoms with E-state index in [4.69, 9.17) is 18.6 Å². The number of nitrogens with zero attached hydrogens (tertiary/aromatic N) is 1. The second-order valence-corrected chi connectivity index (χ2v) is 12.8. The summed E-state index contributed by atoms with van der Waals surface area (Å²) in [6.45, 7) is 4.43. The second-order valence-electron chi connectivity index (χ2n) is 11.0. The number of piperidine rings is 1. The number of methoxy groups -OCH3 is 2. The van der Waals surface area contributed by atoms with Crippen LogP contribution in [0, 0.1) is 6.92 Å². The van der Waals surface area contributed by atoms with E-state index in [2.05, 4.69) is 14.9 Å². The summed E-state index contributed by atoms with van der Waals surface area (Å²) in [7, 11) is -0.0543. The van der Waals surface area contributed by atoms with Crippen LogP contribution in [-0.2, 0) is 10.0 Å². The number of hydrogen-bond acceptors (Lipinski definition) is 9. The van der Waals surface area contributed by atoms with E-state index in [1.54, 1.807) is 44.6 Å². The minimum atomic E-state index is -3.20. The number of rotatable bonds is 11. The maximum atomic E-state index is 13.3. The molecule has 1 amide bonds. The summed E-state index contributed by atoms with van der Waals surface area (Å²) >= 11 is 0. The Morgan fingerprint density at radius 1 is 1.00 bits per heavy atom. The maximum Gasteiger partial charge on any atom is 0.360 e. The van der Waals surface area contributed by atoms with Gasteiger partial charge in [0.25, 0.3) is 5.91 Å². The van der Waals surface area contributed by atoms with E-state index in [1.165, 1.54) is 0 Å². The Bertz CT molecular complexity index is 1860. The van der Waals surface area contributed by atoms with E-state index in [-0.39, 0.29) is 11.8 Å². The van der Waals surface area contributed by atoms with Crippen molar-refractivity contribution in [2.24, 2.45) is 0 Å². The molecule has 2 heterocycles. The minimum Gasteiger partial charge on any atom is -0.497 e. The van der Waals surface area contributed by atoms with Crippen molar-refractivity contribution < 1.29 is 31.8 Å². The summed E-state index contributed by atoms with van der Waals surface area (Å²) in [5, 5.41) is 3.35. The van der Waals surface area contributed by atoms with Crippen LogP contribution < -0.4 is 29.9 Å². The molecule has 1 fully saturated rings. The van der Waals surface area contributed by atoms with E-state index in [0.717, 1.165) is 37.8 Å². The molecule has 1 aliphatic heterocycles. The molecule has 3 aromatic carbocycles. The summed E-state index contributed by atoms with van der Waals surface area (Å²) in [6, 6.07) is 17.7. The monoisotopic (exact) mass is 635 g/mol. The molecule has 12 heteroatoms. The van der Waals surface area contributed by atoms with Crippen LogP contribution in [0.1, 0.15) is 28.8 Å². The fourth-order valence-corrected chi connectivity index (χ4v) is 5.86. The van der Waals surface area contributed by atoms with Crippen LogP contribution in [0.3, 0.4) is 0 Å². The van der Waals surface area contributed by atoms with Crippen LogP contribution in [0.15, 0.2) is 69.9 Å². The fraction of sp³-hybridized carbons (Fsp3) is 0.333. The molecule has 5 rings (SSSR count). The molecule has 0 atom stereocenters. The zero-order chi connectivity index (χ0) is 32.1. The second kappa shape index (κ2) is 13.7. The number of anilines is 1. The van der Waals surface area contributed by atoms with Gasteiger partial charge in [-0.3, -0.25) is 4.79 Å². The number of amides is 1. The Hall–Kier alpha value is -4.39. The van der Waals surface area contributed by atoms with Gasteiger partial charge in [-0.25, -0.2) is 17.9 Å². The summed E-state index contributed by atoms with van der Waals surface area (Å²) in [5.41, 5.74) is 2.29. The number of fused-ring (bicyclic) bond motifs is 1. The molecule has 0 aliphatic carbocycles. The Morgan fingerprint density at radius 2 is 1.76 bits per heavy atom. The van der Waals surface area contributed by atoms with Gasteiger partial charge in [0.2, 0.25) is 10.0 Å². The molecule has 0 unspecified atom stereocenters. The van der Waals surface area contributed by atoms with Crippen molar-refractivity contribution in [1.29, 1.82) is 0 Å². The van der Waals surface area contributed by atoms with Gasteiger partial charge >= 0.3 is 5.63 Å². The third-order valence-electron chi connectivity index (χ3n) is 7.81. The molecule has 1 saturated heterocycles. The number of likely N-dealkylation sites (tertiary alicyclic amines) is 1. The van der Waals surface area contributed by atoms with Crippen molar-refractivity contribution in [3.8, 4) is 28.4 Å². The van der Waals surface area contributed by atoms with Crippen molar-refractivity contribution in [1.82, 2.24) is 9.62 Å². The number of carbonyl (C=O) groups is 1. The number of ether oxygens (including phenoxy) is 3. The van der Waals surface area contributed by atoms with Gasteiger partial charge in [-0.2, -0.15) is 0 Å². The van der Waals surface area contributed by atoms with Crippen molar-refractivity contribution in [2.75, 3.05) is 52.0 Å². The van der Waals surface area contributed by atoms with Gasteiger partial charge in [-0.15, -0.1) is 0 Å². The van der Waals surface area contributed by atoms with Crippen molar-refractivity contribution in [3.63, 3.8) is 0 Å². The lowest BCUT2D eigenvalue weighted by Crippen LogP contribution is -2.42. The predicted molar refractivity (Wildman–Crippen MR) is 173 cm³/mol. The van der Waals surface area contributed by atoms with Crippen molar-refractivity contribution >= 4 is 32.6 Å². The Balaban J connectivity index is 1.28. The number of carbonyl (C=O) groups excluding carboxylic acids is 1. The zero-order valence-corrected chi connectivity index (χ0v) is 26.5. The average Bonchev–Trinajstić information content (AvgIpc) is 3.03. The van der Waals surface area contributed by atoms with E-state index in [1.807, 2.05) is 37.3 Å². The van der Waals surface area contributed by atoms with Gasteiger partial charge in [-0.1, -0.05) is 12.1 Å². The third kappa shape index (κ3) is 7.83. The van der Waals surface area contributed by atoms with Crippen molar-refractivity contribution in [2.45, 2.75) is 25.9 Å². The first-order valence-corrected chi connectivity index (χ1v) is 16.5. The first-order valence-electron chi connectivity index (χ1n) is 14.6. The largest absolute Gasteiger partial charge is 0.497 e. The lowest BCUT2D eigenvalue weighted by molar-refractivity contribution is 0.101. The standard InChI is InChI=1S/C33H37N3O8S/c1-21-29(43-25-12-15-36(16-13-25)17-14-34-45(4,39)40)10-8-23-20-28(33(38)44-31(21)23)35-32(37)24-9-11-30(42-3)27(19-24)22-6-5-7-26(18-22)41-2/h5-11,18-20,25,34H,12-17H2,1-4H3,(H,35,37). The number of benzene rings is 3. The van der Waals surface area contributed by atoms with Gasteiger partial charge in [-0.05, 0) is 73.9 Å². The van der Waals surface area contributed by atoms with Crippen LogP contribution in [0.4, 0.5) is 5.69 Å². The number of aryl methyl sites for hydroxylation is 1. The molecular formula is C33H37N3O8S. The van der Waals surface area contributed by atoms with Gasteiger partial charge in [0.05, 0.1) is 20.5 Å². The van der Waals surface area contributed by atoms with Gasteiger partial charge in [0.15, 0.2) is 0 Å². The van der Waals surface area contributed by atoms with Crippen LogP contribution >= 0.6 is 0 Å². The molecule has 238 valence electrons. The Labute approximate surface area is 262 Å². The third-order valence-corrected chi connectivity index (χ3v) is 8.54. The molecule has 0 saturated carbocycles. The topological polar surface area (TPSA) is 136 Å². The maximum absolute atomic E-state index is 13.3. The highest BCUT2D eigenvalue weighted by Crippen LogP contribution is 2.34. The molecule has 0 radical (unpaired) electrons. The lowest BCUT2D eigenvalue weighted by atomic mass is 10.0. The summed E-state index contributed by atoms with van der Waals surface area (Å²) in [4.78, 5) is 28.5. The molecule has 45 heavy (non-hydrogen) atoms. The molecule has 1 aromatic heterocycles. The number of hydrogen-bond donors (Lipinski definition) is 2. The molecule has 2 N–H and O–H groups in total. The van der Waals surface area contributed by atoms with Gasteiger partial charge in [0.1, 0.15) is 34.6 Å². The predicted octanol–water partition coefficient (Wildman–Crippen LogP) is 4.43. The summed E-state index contributed by atoms with van der Waals surface area (Å²) in [5.74, 6) is 1.42. The van der Waals surface area contributed by atoms with E-state index < -0.39 is 21.6 Å². The van der Waals surface area contributed by atoms with Crippen LogP contribution in [0.25, 0.3) is 22.1 Å². The molecule has 1 aliphatic rings. The van der Waals surface area contributed by atoms with E-state index in [0.29, 0.717) is 58.0 Å². The van der Waals surface area contributed by atoms with Gasteiger partial charge in [0, 0.05) is 48.3 Å². The van der Waals surface area contributed by atoms with Crippen LogP contribution in [0.2, 0.25) is 0 Å². The van der Waals surface area contributed by atoms with Crippen LogP contribution in [0.5, 0.6) is 17.2 Å². The highest BCUT2D eigenvalue weighted by molar-refractivity contribution is 7.88. The normalized spacial score (nSPS) is 14.3. The fourth-order valence-electron chi connectivity index (χ4n) is 5.40. The smallest absolute Gasteiger partial charge is 0.360 e. The first kappa shape index (κ1) is 32.0. The summed E-state index contributed by atoms with van der Waals surface area (Å²) in [6.07, 6.45) is 2.71. The van der Waals surface area contributed by atoms with E-state index in [9.17, 15) is 18.0 Å². The molecule has 11 nitrogen and oxygen atoms in total. The van der Waals surface area contributed by atoms with Crippen molar-refractivity contribution in [3.05, 3.63) is 82.2 Å². The lowest BCUT2D eigenvalue weighted by Gasteiger charge is -2.32. The zero-order valence-electron chi connectivity index (χ0n) is 25.7. The van der Waals surface area contributed by atoms with Gasteiger partial charge < -0.3 is 28.8 Å². The molecule has 0 spiro atoms. The van der Waals surface area contributed by atoms with E-state index >= 15 is 0 Å². The summed E-state index contributed by atoms with van der Waals surface area (Å²) < 4.78 is 47.9. The molecular weight excluding hydrogens is 598 g/mol. The quantitative estimate of drug-likeness (QED) is 0.229.